The fourth-order valence-electron chi connectivity index (χ4n) is 2.64. The van der Waals surface area contributed by atoms with E-state index in [2.05, 4.69) is 37.9 Å². The fourth-order valence-corrected chi connectivity index (χ4v) is 17.4. The van der Waals surface area contributed by atoms with E-state index < -0.39 is 18.4 Å². The number of hydrogen-bond donors (Lipinski definition) is 1. The van der Waals surface area contributed by atoms with E-state index in [0.717, 1.165) is 0 Å². The summed E-state index contributed by atoms with van der Waals surface area (Å²) in [6.45, 7) is 9.38. The van der Waals surface area contributed by atoms with E-state index in [4.69, 9.17) is 0 Å². The number of aliphatic hydroxyl groups excluding tert-OH is 1. The standard InChI is InChI=1S/C5H9O.3C4H9.Sn/c1-3-5(2)4-6;3*1-3-4-2;/h1,3,5-6H,4H2,2H3;3*1,3-4H2,2H3;/t5-;;;;/m1..../s1. The van der Waals surface area contributed by atoms with Crippen LogP contribution in [0.5, 0.6) is 0 Å². The Labute approximate surface area is 125 Å². The van der Waals surface area contributed by atoms with Gasteiger partial charge in [0.25, 0.3) is 0 Å². The molecule has 0 unspecified atom stereocenters. The summed E-state index contributed by atoms with van der Waals surface area (Å²) in [7, 11) is 0. The van der Waals surface area contributed by atoms with Crippen molar-refractivity contribution in [2.45, 2.75) is 79.5 Å². The summed E-state index contributed by atoms with van der Waals surface area (Å²) >= 11 is -2.06. The van der Waals surface area contributed by atoms with Gasteiger partial charge >= 0.3 is 126 Å². The Morgan fingerprint density at radius 1 is 0.895 bits per heavy atom. The van der Waals surface area contributed by atoms with E-state index in [1.807, 2.05) is 0 Å². The van der Waals surface area contributed by atoms with Crippen LogP contribution in [-0.2, 0) is 0 Å². The second-order valence-electron chi connectivity index (χ2n) is 6.19. The van der Waals surface area contributed by atoms with E-state index >= 15 is 0 Å². The van der Waals surface area contributed by atoms with Crippen molar-refractivity contribution in [1.82, 2.24) is 0 Å². The Balaban J connectivity index is 4.80. The quantitative estimate of drug-likeness (QED) is 0.443. The molecule has 1 nitrogen and oxygen atoms in total. The van der Waals surface area contributed by atoms with Gasteiger partial charge in [-0.15, -0.1) is 0 Å². The molecule has 0 aliphatic carbocycles. The molecule has 2 heteroatoms. The number of hydrogen-bond acceptors (Lipinski definition) is 1. The molecule has 0 amide bonds. The third-order valence-corrected chi connectivity index (χ3v) is 18.3. The van der Waals surface area contributed by atoms with Crippen molar-refractivity contribution < 1.29 is 5.11 Å². The number of unbranched alkanes of at least 4 members (excludes halogenated alkanes) is 3. The predicted octanol–water partition coefficient (Wildman–Crippen LogP) is 5.56. The average molecular weight is 375 g/mol. The van der Waals surface area contributed by atoms with E-state index in [1.165, 1.54) is 51.8 Å². The first-order valence-corrected chi connectivity index (χ1v) is 16.1. The Kier molecular flexibility index (Phi) is 12.6. The molecule has 0 aromatic rings. The number of aliphatic hydroxyl groups is 1. The zero-order chi connectivity index (χ0) is 14.6. The molecule has 0 aromatic carbocycles. The molecule has 0 rings (SSSR count). The molecule has 0 saturated carbocycles. The van der Waals surface area contributed by atoms with Crippen molar-refractivity contribution in [3.8, 4) is 0 Å². The summed E-state index contributed by atoms with van der Waals surface area (Å²) < 4.78 is 7.25. The molecule has 0 fully saturated rings. The van der Waals surface area contributed by atoms with Gasteiger partial charge in [-0.05, 0) is 0 Å². The van der Waals surface area contributed by atoms with Gasteiger partial charge < -0.3 is 0 Å². The monoisotopic (exact) mass is 376 g/mol. The molecule has 1 atom stereocenters. The van der Waals surface area contributed by atoms with Crippen molar-refractivity contribution >= 4 is 18.4 Å². The van der Waals surface area contributed by atoms with Gasteiger partial charge in [0, 0.05) is 0 Å². The summed E-state index contributed by atoms with van der Waals surface area (Å²) in [5, 5.41) is 9.23. The molecule has 0 aliphatic heterocycles. The van der Waals surface area contributed by atoms with E-state index in [-0.39, 0.29) is 0 Å². The zero-order valence-corrected chi connectivity index (χ0v) is 16.6. The van der Waals surface area contributed by atoms with Gasteiger partial charge in [-0.25, -0.2) is 0 Å². The van der Waals surface area contributed by atoms with Gasteiger partial charge in [0.15, 0.2) is 0 Å². The Morgan fingerprint density at radius 2 is 1.32 bits per heavy atom. The summed E-state index contributed by atoms with van der Waals surface area (Å²) in [5.41, 5.74) is 0. The molecule has 0 aliphatic rings. The molecule has 1 N–H and O–H groups in total. The van der Waals surface area contributed by atoms with E-state index in [9.17, 15) is 5.11 Å². The second-order valence-corrected chi connectivity index (χ2v) is 19.2. The van der Waals surface area contributed by atoms with Gasteiger partial charge in [-0.2, -0.15) is 0 Å². The van der Waals surface area contributed by atoms with Crippen molar-refractivity contribution in [1.29, 1.82) is 0 Å². The Morgan fingerprint density at radius 3 is 1.63 bits per heavy atom. The molecule has 0 radical (unpaired) electrons. The maximum atomic E-state index is 9.23. The van der Waals surface area contributed by atoms with Gasteiger partial charge in [0.1, 0.15) is 0 Å². The predicted molar refractivity (Wildman–Crippen MR) is 90.3 cm³/mol. The van der Waals surface area contributed by atoms with Crippen molar-refractivity contribution in [3.63, 3.8) is 0 Å². The van der Waals surface area contributed by atoms with Crippen LogP contribution >= 0.6 is 0 Å². The van der Waals surface area contributed by atoms with Crippen LogP contribution < -0.4 is 0 Å². The molecule has 0 bridgehead atoms. The van der Waals surface area contributed by atoms with Gasteiger partial charge in [0.05, 0.1) is 0 Å². The van der Waals surface area contributed by atoms with Crippen molar-refractivity contribution in [3.05, 3.63) is 10.2 Å². The minimum absolute atomic E-state index is 0.299. The normalized spacial score (nSPS) is 14.2. The molecular formula is C17H36OSn. The first kappa shape index (κ1) is 19.5. The third kappa shape index (κ3) is 9.12. The summed E-state index contributed by atoms with van der Waals surface area (Å²) in [6.07, 6.45) is 10.6. The Bertz CT molecular complexity index is 204. The van der Waals surface area contributed by atoms with Gasteiger partial charge in [-0.3, -0.25) is 0 Å². The van der Waals surface area contributed by atoms with Crippen LogP contribution in [0.4, 0.5) is 0 Å². The van der Waals surface area contributed by atoms with Crippen LogP contribution in [0.1, 0.15) is 66.2 Å². The van der Waals surface area contributed by atoms with Crippen LogP contribution in [0.2, 0.25) is 13.3 Å². The molecule has 0 heterocycles. The fraction of sp³-hybridized carbons (Fsp3) is 0.882. The summed E-state index contributed by atoms with van der Waals surface area (Å²) in [5.74, 6) is 0.348. The maximum absolute atomic E-state index is 9.23. The van der Waals surface area contributed by atoms with Crippen LogP contribution in [0, 0.1) is 5.92 Å². The third-order valence-electron chi connectivity index (χ3n) is 4.15. The molecule has 0 spiro atoms. The average Bonchev–Trinajstić information content (AvgIpc) is 2.45. The van der Waals surface area contributed by atoms with Crippen LogP contribution in [-0.4, -0.2) is 30.1 Å². The topological polar surface area (TPSA) is 20.2 Å². The van der Waals surface area contributed by atoms with Crippen LogP contribution in [0.25, 0.3) is 0 Å². The van der Waals surface area contributed by atoms with Crippen molar-refractivity contribution in [2.24, 2.45) is 5.92 Å². The number of rotatable bonds is 12. The molecule has 0 aromatic heterocycles. The first-order chi connectivity index (χ1) is 9.14. The molecular weight excluding hydrogens is 339 g/mol. The van der Waals surface area contributed by atoms with Gasteiger partial charge in [0.2, 0.25) is 0 Å². The molecule has 19 heavy (non-hydrogen) atoms. The molecule has 0 saturated heterocycles. The minimum atomic E-state index is -2.06. The van der Waals surface area contributed by atoms with Crippen molar-refractivity contribution in [2.75, 3.05) is 6.61 Å². The molecule has 114 valence electrons. The van der Waals surface area contributed by atoms with Crippen LogP contribution in [0.15, 0.2) is 10.2 Å². The zero-order valence-electron chi connectivity index (χ0n) is 13.8. The second kappa shape index (κ2) is 12.3. The first-order valence-electron chi connectivity index (χ1n) is 8.44. The summed E-state index contributed by atoms with van der Waals surface area (Å²) in [4.78, 5) is 0. The van der Waals surface area contributed by atoms with E-state index in [1.54, 1.807) is 0 Å². The Hall–Kier alpha value is 0.499. The van der Waals surface area contributed by atoms with Crippen LogP contribution in [0.3, 0.4) is 0 Å². The van der Waals surface area contributed by atoms with E-state index in [0.29, 0.717) is 12.5 Å². The SMILES string of the molecule is CCC[CH2][Sn](/[CH]=C/[C@@H](C)CO)([CH2]CCC)[CH2]CCC. The van der Waals surface area contributed by atoms with Gasteiger partial charge in [-0.1, -0.05) is 0 Å². The summed E-state index contributed by atoms with van der Waals surface area (Å²) in [6, 6.07) is 0.